The topological polar surface area (TPSA) is 9.86 Å². The van der Waals surface area contributed by atoms with Crippen LogP contribution in [0.1, 0.15) is 29.4 Å². The molecule has 2 aliphatic carbocycles. The second-order valence-electron chi connectivity index (χ2n) is 18.0. The molecule has 0 bridgehead atoms. The second kappa shape index (κ2) is 14.2. The maximum absolute atomic E-state index is 2.49. The van der Waals surface area contributed by atoms with Gasteiger partial charge in [0.05, 0.1) is 22.1 Å². The van der Waals surface area contributed by atoms with E-state index in [4.69, 9.17) is 0 Å². The van der Waals surface area contributed by atoms with Gasteiger partial charge in [-0.1, -0.05) is 170 Å². The van der Waals surface area contributed by atoms with Crippen molar-refractivity contribution in [3.8, 4) is 67.0 Å². The standard InChI is InChI=1S/C63H42N2/c1-5-13-40(14-6-1)42-21-25-44(26-22-42)46-29-33-56-54(37-46)62-58(64(56)48-17-9-3-10-18-48)35-31-50-51-32-36-59-63(61(51)53-39-52(53)60(50)62)55-38-47(30-34-57(55)65(59)49-19-11-4-12-20-49)45-27-23-43(24-28-45)41-15-7-2-8-16-41/h1-38,52-53H,39H2. The Morgan fingerprint density at radius 2 is 0.585 bits per heavy atom. The van der Waals surface area contributed by atoms with Gasteiger partial charge in [-0.2, -0.15) is 0 Å². The van der Waals surface area contributed by atoms with Crippen molar-refractivity contribution in [1.29, 1.82) is 0 Å². The lowest BCUT2D eigenvalue weighted by Gasteiger charge is -2.22. The van der Waals surface area contributed by atoms with Gasteiger partial charge in [-0.05, 0) is 146 Å². The lowest BCUT2D eigenvalue weighted by atomic mass is 9.81. The summed E-state index contributed by atoms with van der Waals surface area (Å²) in [6.45, 7) is 0. The van der Waals surface area contributed by atoms with Crippen LogP contribution in [0.2, 0.25) is 0 Å². The number of hydrogen-bond donors (Lipinski definition) is 0. The summed E-state index contributed by atoms with van der Waals surface area (Å²) in [6.07, 6.45) is 1.15. The molecule has 12 aromatic rings. The number of para-hydroxylation sites is 2. The van der Waals surface area contributed by atoms with Gasteiger partial charge in [-0.3, -0.25) is 0 Å². The first-order valence-corrected chi connectivity index (χ1v) is 22.9. The number of fused-ring (bicyclic) bond motifs is 14. The molecule has 2 unspecified atom stereocenters. The summed E-state index contributed by atoms with van der Waals surface area (Å²) < 4.78 is 4.98. The van der Waals surface area contributed by atoms with E-state index in [1.807, 2.05) is 0 Å². The molecule has 2 nitrogen and oxygen atoms in total. The summed E-state index contributed by atoms with van der Waals surface area (Å²) in [6, 6.07) is 85.3. The maximum Gasteiger partial charge on any atom is 0.0544 e. The predicted molar refractivity (Wildman–Crippen MR) is 272 cm³/mol. The highest BCUT2D eigenvalue weighted by Gasteiger charge is 2.48. The molecule has 0 saturated heterocycles. The van der Waals surface area contributed by atoms with Crippen molar-refractivity contribution in [2.24, 2.45) is 0 Å². The van der Waals surface area contributed by atoms with Crippen LogP contribution < -0.4 is 0 Å². The van der Waals surface area contributed by atoms with Crippen molar-refractivity contribution >= 4 is 43.6 Å². The molecular weight excluding hydrogens is 785 g/mol. The number of nitrogens with zero attached hydrogens (tertiary/aromatic N) is 2. The van der Waals surface area contributed by atoms with Gasteiger partial charge in [-0.15, -0.1) is 0 Å². The van der Waals surface area contributed by atoms with Crippen LogP contribution in [0, 0.1) is 0 Å². The van der Waals surface area contributed by atoms with E-state index in [9.17, 15) is 0 Å². The number of benzene rings is 10. The summed E-state index contributed by atoms with van der Waals surface area (Å²) in [5.41, 5.74) is 23.1. The van der Waals surface area contributed by atoms with Gasteiger partial charge in [-0.25, -0.2) is 0 Å². The van der Waals surface area contributed by atoms with Crippen molar-refractivity contribution < 1.29 is 0 Å². The molecule has 304 valence electrons. The highest BCUT2D eigenvalue weighted by Crippen LogP contribution is 2.66. The quantitative estimate of drug-likeness (QED) is 0.158. The first-order chi connectivity index (χ1) is 32.2. The van der Waals surface area contributed by atoms with Gasteiger partial charge in [0.2, 0.25) is 0 Å². The lowest BCUT2D eigenvalue weighted by molar-refractivity contribution is 1.03. The van der Waals surface area contributed by atoms with Gasteiger partial charge in [0, 0.05) is 32.9 Å². The summed E-state index contributed by atoms with van der Waals surface area (Å²) in [4.78, 5) is 0. The SMILES string of the molecule is c1ccc(-c2ccc(-c3ccc4c(c3)c3c5c(ccc3n4-c3ccccc3)-c3ccc4c(c3C3CC53)c3cc(-c5ccc(-c6ccccc6)cc5)ccc3n4-c3ccccc3)cc2)cc1. The van der Waals surface area contributed by atoms with Gasteiger partial charge in [0.1, 0.15) is 0 Å². The Morgan fingerprint density at radius 1 is 0.277 bits per heavy atom. The highest BCUT2D eigenvalue weighted by molar-refractivity contribution is 6.18. The van der Waals surface area contributed by atoms with Crippen LogP contribution in [-0.2, 0) is 0 Å². The molecular formula is C63H42N2. The molecule has 10 aromatic carbocycles. The minimum Gasteiger partial charge on any atom is -0.309 e. The molecule has 0 amide bonds. The monoisotopic (exact) mass is 826 g/mol. The van der Waals surface area contributed by atoms with Crippen molar-refractivity contribution in [2.45, 2.75) is 18.3 Å². The van der Waals surface area contributed by atoms with Crippen molar-refractivity contribution in [3.63, 3.8) is 0 Å². The van der Waals surface area contributed by atoms with Crippen LogP contribution in [0.4, 0.5) is 0 Å². The molecule has 0 spiro atoms. The average molecular weight is 827 g/mol. The minimum atomic E-state index is 0.444. The average Bonchev–Trinajstić information content (AvgIpc) is 4.03. The molecule has 1 saturated carbocycles. The zero-order chi connectivity index (χ0) is 42.6. The Morgan fingerprint density at radius 3 is 0.969 bits per heavy atom. The van der Waals surface area contributed by atoms with E-state index in [1.54, 1.807) is 0 Å². The van der Waals surface area contributed by atoms with E-state index >= 15 is 0 Å². The Bertz CT molecular complexity index is 3550. The van der Waals surface area contributed by atoms with Crippen LogP contribution in [0.15, 0.2) is 231 Å². The Kier molecular flexibility index (Phi) is 7.91. The molecule has 0 aliphatic heterocycles. The normalized spacial score (nSPS) is 15.0. The number of rotatable bonds is 6. The largest absolute Gasteiger partial charge is 0.309 e. The van der Waals surface area contributed by atoms with Crippen LogP contribution in [0.5, 0.6) is 0 Å². The van der Waals surface area contributed by atoms with E-state index in [1.165, 1.54) is 122 Å². The first-order valence-electron chi connectivity index (χ1n) is 22.9. The molecule has 65 heavy (non-hydrogen) atoms. The molecule has 2 heterocycles. The van der Waals surface area contributed by atoms with E-state index in [0.717, 1.165) is 6.42 Å². The molecule has 1 fully saturated rings. The highest BCUT2D eigenvalue weighted by atomic mass is 15.0. The maximum atomic E-state index is 2.49. The fourth-order valence-electron chi connectivity index (χ4n) is 11.4. The van der Waals surface area contributed by atoms with E-state index in [2.05, 4.69) is 240 Å². The fourth-order valence-corrected chi connectivity index (χ4v) is 11.4. The molecule has 2 aliphatic rings. The Labute approximate surface area is 377 Å². The summed E-state index contributed by atoms with van der Waals surface area (Å²) in [5.74, 6) is 0.888. The number of aromatic nitrogens is 2. The molecule has 2 atom stereocenters. The predicted octanol–water partition coefficient (Wildman–Crippen LogP) is 16.8. The molecule has 2 heteroatoms. The Hall–Kier alpha value is -8.20. The van der Waals surface area contributed by atoms with E-state index in [-0.39, 0.29) is 0 Å². The third-order valence-electron chi connectivity index (χ3n) is 14.4. The van der Waals surface area contributed by atoms with E-state index < -0.39 is 0 Å². The van der Waals surface area contributed by atoms with Crippen LogP contribution in [-0.4, -0.2) is 9.13 Å². The third kappa shape index (κ3) is 5.60. The van der Waals surface area contributed by atoms with Crippen molar-refractivity contribution in [3.05, 3.63) is 242 Å². The smallest absolute Gasteiger partial charge is 0.0544 e. The second-order valence-corrected chi connectivity index (χ2v) is 18.0. The third-order valence-corrected chi connectivity index (χ3v) is 14.4. The fraction of sp³-hybridized carbons (Fsp3) is 0.0476. The van der Waals surface area contributed by atoms with Gasteiger partial charge >= 0.3 is 0 Å². The lowest BCUT2D eigenvalue weighted by Crippen LogP contribution is -2.02. The first kappa shape index (κ1) is 36.3. The molecule has 2 aromatic heterocycles. The zero-order valence-corrected chi connectivity index (χ0v) is 35.7. The summed E-state index contributed by atoms with van der Waals surface area (Å²) >= 11 is 0. The van der Waals surface area contributed by atoms with Crippen LogP contribution in [0.25, 0.3) is 111 Å². The van der Waals surface area contributed by atoms with Gasteiger partial charge in [0.25, 0.3) is 0 Å². The number of hydrogen-bond acceptors (Lipinski definition) is 0. The Balaban J connectivity index is 0.978. The van der Waals surface area contributed by atoms with Crippen molar-refractivity contribution in [1.82, 2.24) is 9.13 Å². The minimum absolute atomic E-state index is 0.444. The molecule has 0 radical (unpaired) electrons. The molecule has 0 N–H and O–H groups in total. The summed E-state index contributed by atoms with van der Waals surface area (Å²) in [7, 11) is 0. The van der Waals surface area contributed by atoms with E-state index in [0.29, 0.717) is 11.8 Å². The van der Waals surface area contributed by atoms with Gasteiger partial charge in [0.15, 0.2) is 0 Å². The molecule has 14 rings (SSSR count). The van der Waals surface area contributed by atoms with Crippen LogP contribution >= 0.6 is 0 Å². The van der Waals surface area contributed by atoms with Gasteiger partial charge < -0.3 is 9.13 Å². The van der Waals surface area contributed by atoms with Crippen molar-refractivity contribution in [2.75, 3.05) is 0 Å². The zero-order valence-electron chi connectivity index (χ0n) is 35.7. The summed E-state index contributed by atoms with van der Waals surface area (Å²) in [5, 5.41) is 5.44. The van der Waals surface area contributed by atoms with Crippen LogP contribution in [0.3, 0.4) is 0 Å².